The zero-order valence-corrected chi connectivity index (χ0v) is 32.9. The average molecular weight is 821 g/mol. The van der Waals surface area contributed by atoms with Crippen LogP contribution < -0.4 is 20.1 Å². The lowest BCUT2D eigenvalue weighted by Crippen LogP contribution is -2.12. The fourth-order valence-corrected chi connectivity index (χ4v) is 6.22. The third kappa shape index (κ3) is 13.4. The number of aldehydes is 2. The van der Waals surface area contributed by atoms with E-state index < -0.39 is 33.6 Å². The smallest absolute Gasteiger partial charge is 0.333 e. The molecule has 304 valence electrons. The molecule has 0 aliphatic carbocycles. The topological polar surface area (TPSA) is 198 Å². The fraction of sp³-hybridized carbons (Fsp3) is 0.136. The summed E-state index contributed by atoms with van der Waals surface area (Å²) in [5, 5.41) is 5.28. The summed E-state index contributed by atoms with van der Waals surface area (Å²) in [6.07, 6.45) is 3.09. The molecule has 15 heteroatoms. The second-order valence-corrected chi connectivity index (χ2v) is 14.6. The van der Waals surface area contributed by atoms with E-state index >= 15 is 0 Å². The lowest BCUT2D eigenvalue weighted by Gasteiger charge is -2.14. The molecule has 4 rings (SSSR count). The fourth-order valence-electron chi connectivity index (χ4n) is 4.89. The number of amides is 2. The molecule has 0 aromatic heterocycles. The first-order chi connectivity index (χ1) is 28.2. The molecule has 59 heavy (non-hydrogen) atoms. The predicted molar refractivity (Wildman–Crippen MR) is 218 cm³/mol. The number of anilines is 2. The van der Waals surface area contributed by atoms with Crippen LogP contribution in [-0.2, 0) is 48.1 Å². The second kappa shape index (κ2) is 21.2. The van der Waals surface area contributed by atoms with E-state index in [9.17, 15) is 37.2 Å². The largest absolute Gasteiger partial charge is 0.462 e. The number of ether oxygens (including phenoxy) is 4. The van der Waals surface area contributed by atoms with Gasteiger partial charge in [-0.25, -0.2) is 18.0 Å². The predicted octanol–water partition coefficient (Wildman–Crippen LogP) is 7.25. The summed E-state index contributed by atoms with van der Waals surface area (Å²) in [5.74, 6) is -1.93. The monoisotopic (exact) mass is 820 g/mol. The van der Waals surface area contributed by atoms with Crippen molar-refractivity contribution in [2.75, 3.05) is 23.8 Å². The van der Waals surface area contributed by atoms with Crippen LogP contribution in [0, 0.1) is 0 Å². The van der Waals surface area contributed by atoms with Crippen molar-refractivity contribution in [1.82, 2.24) is 0 Å². The molecule has 0 radical (unpaired) electrons. The molecule has 0 spiro atoms. The Morgan fingerprint density at radius 3 is 1.36 bits per heavy atom. The van der Waals surface area contributed by atoms with Crippen LogP contribution in [0.1, 0.15) is 26.7 Å². The van der Waals surface area contributed by atoms with Gasteiger partial charge in [0.25, 0.3) is 0 Å². The van der Waals surface area contributed by atoms with Gasteiger partial charge in [-0.15, -0.1) is 0 Å². The first kappa shape index (κ1) is 44.3. The van der Waals surface area contributed by atoms with Crippen molar-refractivity contribution in [3.8, 4) is 23.0 Å². The number of carbonyl (C=O) groups excluding carboxylic acids is 6. The van der Waals surface area contributed by atoms with Crippen molar-refractivity contribution in [3.05, 3.63) is 145 Å². The number of sulfone groups is 1. The number of carbonyl (C=O) groups is 6. The molecule has 0 aliphatic rings. The van der Waals surface area contributed by atoms with Gasteiger partial charge in [0.2, 0.25) is 21.7 Å². The Bertz CT molecular complexity index is 2290. The minimum absolute atomic E-state index is 0.00204. The van der Waals surface area contributed by atoms with Crippen molar-refractivity contribution in [2.24, 2.45) is 0 Å². The second-order valence-electron chi connectivity index (χ2n) is 12.6. The molecule has 2 N–H and O–H groups in total. The van der Waals surface area contributed by atoms with Crippen LogP contribution in [0.2, 0.25) is 0 Å². The van der Waals surface area contributed by atoms with E-state index in [4.69, 9.17) is 18.9 Å². The van der Waals surface area contributed by atoms with Gasteiger partial charge in [0, 0.05) is 47.3 Å². The van der Waals surface area contributed by atoms with E-state index in [0.717, 1.165) is 12.2 Å². The lowest BCUT2D eigenvalue weighted by atomic mass is 10.2. The van der Waals surface area contributed by atoms with Gasteiger partial charge in [0.05, 0.1) is 34.4 Å². The van der Waals surface area contributed by atoms with Crippen molar-refractivity contribution >= 4 is 57.5 Å². The van der Waals surface area contributed by atoms with Crippen LogP contribution in [0.15, 0.2) is 154 Å². The van der Waals surface area contributed by atoms with Crippen LogP contribution in [0.4, 0.5) is 11.4 Å². The zero-order chi connectivity index (χ0) is 43.0. The van der Waals surface area contributed by atoms with Gasteiger partial charge in [-0.05, 0) is 74.5 Å². The summed E-state index contributed by atoms with van der Waals surface area (Å²) in [5.41, 5.74) is 1.00. The quantitative estimate of drug-likeness (QED) is 0.0515. The zero-order valence-electron chi connectivity index (χ0n) is 32.1. The number of hydrogen-bond acceptors (Lipinski definition) is 12. The summed E-state index contributed by atoms with van der Waals surface area (Å²) in [6.45, 7) is 9.68. The Hall–Kier alpha value is -7.39. The number of esters is 2. The molecule has 14 nitrogen and oxygen atoms in total. The molecule has 0 unspecified atom stereocenters. The standard InChI is InChI=1S/C44H40N2O12S/c1-29(2)43(51)55-21-19-31(27-47)23-41(49)45-37-15-5-7-17-39(37)57-33-11-9-13-35(25-33)59(53,54)36-14-10-12-34(26-36)58-40-18-8-6-16-38(40)46-42(50)24-32(28-48)20-22-56-44(52)30(3)4/h5-18,23-28H,1,3,19-22H2,2,4H3,(H,45,49)(H,46,50)/b31-23+,32-24+. The van der Waals surface area contributed by atoms with Crippen LogP contribution in [0.5, 0.6) is 23.0 Å². The molecule has 0 atom stereocenters. The first-order valence-corrected chi connectivity index (χ1v) is 19.3. The Kier molecular flexibility index (Phi) is 15.9. The summed E-state index contributed by atoms with van der Waals surface area (Å²) >= 11 is 0. The Morgan fingerprint density at radius 2 is 0.983 bits per heavy atom. The number of hydrogen-bond donors (Lipinski definition) is 2. The van der Waals surface area contributed by atoms with Crippen LogP contribution >= 0.6 is 0 Å². The Labute approximate surface area is 340 Å². The summed E-state index contributed by atoms with van der Waals surface area (Å²) < 4.78 is 49.7. The molecule has 0 fully saturated rings. The number of para-hydroxylation sites is 4. The van der Waals surface area contributed by atoms with Crippen molar-refractivity contribution in [1.29, 1.82) is 0 Å². The van der Waals surface area contributed by atoms with E-state index in [1.807, 2.05) is 0 Å². The normalized spacial score (nSPS) is 11.4. The Morgan fingerprint density at radius 1 is 0.593 bits per heavy atom. The molecule has 0 saturated carbocycles. The van der Waals surface area contributed by atoms with E-state index in [1.54, 1.807) is 48.5 Å². The molecular formula is C44H40N2O12S. The summed E-state index contributed by atoms with van der Waals surface area (Å²) in [7, 11) is -4.15. The van der Waals surface area contributed by atoms with Gasteiger partial charge >= 0.3 is 11.9 Å². The molecule has 0 bridgehead atoms. The molecule has 0 aliphatic heterocycles. The highest BCUT2D eigenvalue weighted by molar-refractivity contribution is 7.91. The van der Waals surface area contributed by atoms with Crippen molar-refractivity contribution in [2.45, 2.75) is 36.5 Å². The minimum atomic E-state index is -4.15. The maximum absolute atomic E-state index is 13.9. The van der Waals surface area contributed by atoms with Gasteiger partial charge in [-0.2, -0.15) is 0 Å². The van der Waals surface area contributed by atoms with Crippen molar-refractivity contribution in [3.63, 3.8) is 0 Å². The lowest BCUT2D eigenvalue weighted by molar-refractivity contribution is -0.139. The average Bonchev–Trinajstić information content (AvgIpc) is 3.21. The molecule has 0 heterocycles. The maximum Gasteiger partial charge on any atom is 0.333 e. The SMILES string of the molecule is C=C(C)C(=O)OCC/C(C=O)=C\C(=O)Nc1ccccc1Oc1cccc(S(=O)(=O)c2cccc(Oc3ccccc3NC(=O)/C=C(/C=O)CCOC(=O)C(=C)C)c2)c1. The molecule has 2 amide bonds. The third-order valence-electron chi connectivity index (χ3n) is 7.86. The van der Waals surface area contributed by atoms with Crippen LogP contribution in [0.25, 0.3) is 0 Å². The summed E-state index contributed by atoms with van der Waals surface area (Å²) in [6, 6.07) is 24.2. The van der Waals surface area contributed by atoms with Gasteiger partial charge < -0.3 is 29.6 Å². The van der Waals surface area contributed by atoms with Crippen LogP contribution in [0.3, 0.4) is 0 Å². The highest BCUT2D eigenvalue weighted by Gasteiger charge is 2.20. The van der Waals surface area contributed by atoms with Crippen molar-refractivity contribution < 1.29 is 56.1 Å². The maximum atomic E-state index is 13.9. The first-order valence-electron chi connectivity index (χ1n) is 17.8. The van der Waals surface area contributed by atoms with Gasteiger partial charge in [0.1, 0.15) is 24.1 Å². The minimum Gasteiger partial charge on any atom is -0.462 e. The van der Waals surface area contributed by atoms with E-state index in [1.165, 1.54) is 62.4 Å². The molecule has 0 saturated heterocycles. The van der Waals surface area contributed by atoms with E-state index in [2.05, 4.69) is 23.8 Å². The molecular weight excluding hydrogens is 781 g/mol. The van der Waals surface area contributed by atoms with Gasteiger partial charge in [-0.1, -0.05) is 49.6 Å². The number of benzene rings is 4. The van der Waals surface area contributed by atoms with E-state index in [0.29, 0.717) is 12.6 Å². The molecule has 4 aromatic carbocycles. The van der Waals surface area contributed by atoms with Gasteiger partial charge in [0.15, 0.2) is 11.5 Å². The number of nitrogens with one attached hydrogen (secondary N) is 2. The highest BCUT2D eigenvalue weighted by Crippen LogP contribution is 2.34. The molecule has 4 aromatic rings. The Balaban J connectivity index is 1.46. The highest BCUT2D eigenvalue weighted by atomic mass is 32.2. The van der Waals surface area contributed by atoms with E-state index in [-0.39, 0.29) is 92.5 Å². The van der Waals surface area contributed by atoms with Gasteiger partial charge in [-0.3, -0.25) is 19.2 Å². The number of rotatable bonds is 20. The third-order valence-corrected chi connectivity index (χ3v) is 9.61. The van der Waals surface area contributed by atoms with Crippen LogP contribution in [-0.4, -0.2) is 58.0 Å². The summed E-state index contributed by atoms with van der Waals surface area (Å²) in [4.78, 5) is 71.7.